The molecule has 1 unspecified atom stereocenters. The Balaban J connectivity index is 2.40. The van der Waals surface area contributed by atoms with Gasteiger partial charge in [0.25, 0.3) is 0 Å². The summed E-state index contributed by atoms with van der Waals surface area (Å²) in [6, 6.07) is 0. The molecule has 0 spiro atoms. The van der Waals surface area contributed by atoms with Crippen LogP contribution in [0, 0.1) is 5.92 Å². The van der Waals surface area contributed by atoms with Crippen molar-refractivity contribution in [3.8, 4) is 0 Å². The third-order valence-corrected chi connectivity index (χ3v) is 4.72. The van der Waals surface area contributed by atoms with Crippen LogP contribution < -0.4 is 5.32 Å². The first-order valence-electron chi connectivity index (χ1n) is 5.70. The first kappa shape index (κ1) is 13.9. The maximum absolute atomic E-state index is 11.8. The fourth-order valence-corrected chi connectivity index (χ4v) is 3.03. The van der Waals surface area contributed by atoms with Gasteiger partial charge < -0.3 is 10.1 Å². The van der Waals surface area contributed by atoms with E-state index in [1.807, 2.05) is 0 Å². The Morgan fingerprint density at radius 2 is 2.25 bits per heavy atom. The molecule has 0 aromatic rings. The minimum Gasteiger partial charge on any atom is -0.384 e. The van der Waals surface area contributed by atoms with Crippen LogP contribution in [0.25, 0.3) is 0 Å². The Kier molecular flexibility index (Phi) is 5.68. The number of piperidine rings is 1. The largest absolute Gasteiger partial charge is 0.384 e. The molecule has 1 heterocycles. The number of nitrogens with one attached hydrogen (secondary N) is 1. The van der Waals surface area contributed by atoms with Gasteiger partial charge >= 0.3 is 0 Å². The van der Waals surface area contributed by atoms with Crippen molar-refractivity contribution >= 4 is 10.0 Å². The second-order valence-corrected chi connectivity index (χ2v) is 6.50. The summed E-state index contributed by atoms with van der Waals surface area (Å²) < 4.78 is 29.8. The molecule has 1 atom stereocenters. The van der Waals surface area contributed by atoms with Gasteiger partial charge in [-0.25, -0.2) is 12.7 Å². The highest BCUT2D eigenvalue weighted by Crippen LogP contribution is 2.12. The predicted molar refractivity (Wildman–Crippen MR) is 63.9 cm³/mol. The zero-order chi connectivity index (χ0) is 12.0. The molecule has 16 heavy (non-hydrogen) atoms. The number of methoxy groups -OCH3 is 1. The monoisotopic (exact) mass is 250 g/mol. The lowest BCUT2D eigenvalue weighted by Gasteiger charge is -2.27. The van der Waals surface area contributed by atoms with Crippen LogP contribution in [-0.4, -0.2) is 58.9 Å². The fourth-order valence-electron chi connectivity index (χ4n) is 1.90. The van der Waals surface area contributed by atoms with E-state index in [-0.39, 0.29) is 12.4 Å². The number of ether oxygens (including phenoxy) is 1. The van der Waals surface area contributed by atoms with Gasteiger partial charge in [0.2, 0.25) is 10.0 Å². The molecule has 1 N–H and O–H groups in total. The number of hydrogen-bond acceptors (Lipinski definition) is 4. The summed E-state index contributed by atoms with van der Waals surface area (Å²) in [4.78, 5) is 0. The Morgan fingerprint density at radius 3 is 2.81 bits per heavy atom. The number of sulfonamides is 1. The number of nitrogens with zero attached hydrogens (tertiary/aromatic N) is 1. The van der Waals surface area contributed by atoms with Crippen LogP contribution in [0.3, 0.4) is 0 Å². The van der Waals surface area contributed by atoms with Crippen molar-refractivity contribution in [2.75, 3.05) is 46.2 Å². The summed E-state index contributed by atoms with van der Waals surface area (Å²) in [5, 5.41) is 3.29. The summed E-state index contributed by atoms with van der Waals surface area (Å²) in [6.07, 6.45) is 2.24. The highest BCUT2D eigenvalue weighted by atomic mass is 32.2. The van der Waals surface area contributed by atoms with Crippen LogP contribution in [0.5, 0.6) is 0 Å². The fraction of sp³-hybridized carbons (Fsp3) is 1.00. The summed E-state index contributed by atoms with van der Waals surface area (Å²) in [7, 11) is 0.0256. The Bertz CT molecular complexity index is 286. The number of rotatable bonds is 6. The molecule has 0 bridgehead atoms. The van der Waals surface area contributed by atoms with E-state index in [0.717, 1.165) is 25.9 Å². The van der Waals surface area contributed by atoms with Gasteiger partial charge in [0.05, 0.1) is 12.4 Å². The average molecular weight is 250 g/mol. The van der Waals surface area contributed by atoms with Crippen molar-refractivity contribution in [1.82, 2.24) is 9.62 Å². The maximum Gasteiger partial charge on any atom is 0.216 e. The predicted octanol–water partition coefficient (Wildman–Crippen LogP) is -0.106. The molecule has 1 saturated heterocycles. The van der Waals surface area contributed by atoms with Crippen molar-refractivity contribution in [1.29, 1.82) is 0 Å². The molecular formula is C10H22N2O3S. The quantitative estimate of drug-likeness (QED) is 0.715. The lowest BCUT2D eigenvalue weighted by molar-refractivity contribution is 0.215. The molecule has 1 aliphatic rings. The van der Waals surface area contributed by atoms with Gasteiger partial charge in [-0.2, -0.15) is 0 Å². The summed E-state index contributed by atoms with van der Waals surface area (Å²) in [5.41, 5.74) is 0. The molecule has 5 nitrogen and oxygen atoms in total. The Labute approximate surface area is 98.2 Å². The van der Waals surface area contributed by atoms with Crippen LogP contribution in [0.15, 0.2) is 0 Å². The minimum atomic E-state index is -3.14. The summed E-state index contributed by atoms with van der Waals surface area (Å²) in [6.45, 7) is 2.84. The second-order valence-electron chi connectivity index (χ2n) is 4.30. The van der Waals surface area contributed by atoms with Crippen molar-refractivity contribution in [3.05, 3.63) is 0 Å². The molecule has 1 aliphatic heterocycles. The molecule has 0 radical (unpaired) electrons. The van der Waals surface area contributed by atoms with Crippen molar-refractivity contribution in [3.63, 3.8) is 0 Å². The molecule has 1 rings (SSSR count). The van der Waals surface area contributed by atoms with Gasteiger partial charge in [-0.05, 0) is 31.8 Å². The first-order chi connectivity index (χ1) is 7.56. The minimum absolute atomic E-state index is 0.0696. The van der Waals surface area contributed by atoms with Gasteiger partial charge in [0, 0.05) is 20.7 Å². The Morgan fingerprint density at radius 1 is 1.50 bits per heavy atom. The Hall–Kier alpha value is -0.170. The van der Waals surface area contributed by atoms with Crippen molar-refractivity contribution < 1.29 is 13.2 Å². The van der Waals surface area contributed by atoms with Crippen LogP contribution in [0.1, 0.15) is 12.8 Å². The van der Waals surface area contributed by atoms with Gasteiger partial charge in [0.15, 0.2) is 0 Å². The molecular weight excluding hydrogens is 228 g/mol. The highest BCUT2D eigenvalue weighted by molar-refractivity contribution is 7.89. The average Bonchev–Trinajstić information content (AvgIpc) is 2.28. The molecule has 0 aliphatic carbocycles. The third kappa shape index (κ3) is 4.37. The maximum atomic E-state index is 11.8. The van der Waals surface area contributed by atoms with E-state index < -0.39 is 10.0 Å². The normalized spacial score (nSPS) is 22.6. The summed E-state index contributed by atoms with van der Waals surface area (Å²) >= 11 is 0. The van der Waals surface area contributed by atoms with E-state index in [0.29, 0.717) is 12.5 Å². The third-order valence-electron chi connectivity index (χ3n) is 2.93. The van der Waals surface area contributed by atoms with Gasteiger partial charge in [0.1, 0.15) is 0 Å². The lowest BCUT2D eigenvalue weighted by Crippen LogP contribution is -2.40. The highest BCUT2D eigenvalue weighted by Gasteiger charge is 2.22. The molecule has 0 amide bonds. The van der Waals surface area contributed by atoms with Crippen molar-refractivity contribution in [2.45, 2.75) is 12.8 Å². The molecule has 1 fully saturated rings. The zero-order valence-corrected chi connectivity index (χ0v) is 10.9. The van der Waals surface area contributed by atoms with Gasteiger partial charge in [-0.1, -0.05) is 0 Å². The van der Waals surface area contributed by atoms with E-state index in [1.54, 1.807) is 7.05 Å². The van der Waals surface area contributed by atoms with Gasteiger partial charge in [-0.3, -0.25) is 0 Å². The van der Waals surface area contributed by atoms with Crippen LogP contribution >= 0.6 is 0 Å². The van der Waals surface area contributed by atoms with Crippen LogP contribution in [0.2, 0.25) is 0 Å². The van der Waals surface area contributed by atoms with E-state index >= 15 is 0 Å². The van der Waals surface area contributed by atoms with E-state index in [9.17, 15) is 8.42 Å². The number of hydrogen-bond donors (Lipinski definition) is 1. The van der Waals surface area contributed by atoms with E-state index in [4.69, 9.17) is 4.74 Å². The smallest absolute Gasteiger partial charge is 0.216 e. The standard InChI is InChI=1S/C10H22N2O3S/c1-12(16(13,14)7-6-15-2)9-10-4-3-5-11-8-10/h10-11H,3-9H2,1-2H3. The molecule has 96 valence electrons. The van der Waals surface area contributed by atoms with Crippen LogP contribution in [0.4, 0.5) is 0 Å². The molecule has 0 saturated carbocycles. The SMILES string of the molecule is COCCS(=O)(=O)N(C)CC1CCCNC1. The van der Waals surface area contributed by atoms with Gasteiger partial charge in [-0.15, -0.1) is 0 Å². The van der Waals surface area contributed by atoms with Crippen LogP contribution in [-0.2, 0) is 14.8 Å². The molecule has 6 heteroatoms. The first-order valence-corrected chi connectivity index (χ1v) is 7.31. The summed E-state index contributed by atoms with van der Waals surface area (Å²) in [5.74, 6) is 0.510. The van der Waals surface area contributed by atoms with Crippen molar-refractivity contribution in [2.24, 2.45) is 5.92 Å². The molecule has 0 aromatic heterocycles. The van der Waals surface area contributed by atoms with E-state index in [1.165, 1.54) is 11.4 Å². The van der Waals surface area contributed by atoms with E-state index in [2.05, 4.69) is 5.32 Å². The molecule has 0 aromatic carbocycles. The zero-order valence-electron chi connectivity index (χ0n) is 10.1. The second kappa shape index (κ2) is 6.54. The topological polar surface area (TPSA) is 58.6 Å². The lowest BCUT2D eigenvalue weighted by atomic mass is 10.00.